The number of rotatable bonds is 1. The molecule has 110 valence electrons. The minimum Gasteiger partial charge on any atom is -0.443 e. The second-order valence-electron chi connectivity index (χ2n) is 5.72. The maximum absolute atomic E-state index is 12.1. The Kier molecular flexibility index (Phi) is 4.35. The molecule has 2 aromatic rings. The van der Waals surface area contributed by atoms with Gasteiger partial charge in [0.1, 0.15) is 5.60 Å². The molecular formula is C17H19NO3. The molecule has 0 fully saturated rings. The van der Waals surface area contributed by atoms with Crippen LogP contribution in [0.5, 0.6) is 0 Å². The largest absolute Gasteiger partial charge is 0.443 e. The van der Waals surface area contributed by atoms with Crippen LogP contribution in [0.2, 0.25) is 0 Å². The van der Waals surface area contributed by atoms with E-state index in [1.54, 1.807) is 6.20 Å². The van der Waals surface area contributed by atoms with Crippen molar-refractivity contribution in [1.82, 2.24) is 4.57 Å². The van der Waals surface area contributed by atoms with Crippen LogP contribution in [-0.4, -0.2) is 28.0 Å². The third kappa shape index (κ3) is 3.87. The molecule has 0 aliphatic carbocycles. The summed E-state index contributed by atoms with van der Waals surface area (Å²) in [6.45, 7) is 5.58. The van der Waals surface area contributed by atoms with Crippen LogP contribution in [0.15, 0.2) is 30.5 Å². The van der Waals surface area contributed by atoms with Crippen LogP contribution in [-0.2, 0) is 4.74 Å². The summed E-state index contributed by atoms with van der Waals surface area (Å²) in [5.41, 5.74) is 1.12. The number of aliphatic hydroxyl groups is 1. The molecule has 4 heteroatoms. The summed E-state index contributed by atoms with van der Waals surface area (Å²) in [6.07, 6.45) is 1.76. The van der Waals surface area contributed by atoms with Crippen LogP contribution < -0.4 is 0 Å². The summed E-state index contributed by atoms with van der Waals surface area (Å²) in [7, 11) is 0. The molecule has 1 heterocycles. The number of hydrogen-bond acceptors (Lipinski definition) is 3. The van der Waals surface area contributed by atoms with Gasteiger partial charge in [0.15, 0.2) is 0 Å². The third-order valence-corrected chi connectivity index (χ3v) is 2.75. The zero-order chi connectivity index (χ0) is 15.5. The molecule has 21 heavy (non-hydrogen) atoms. The average Bonchev–Trinajstić information content (AvgIpc) is 2.80. The smallest absolute Gasteiger partial charge is 0.418 e. The van der Waals surface area contributed by atoms with Crippen molar-refractivity contribution in [2.24, 2.45) is 0 Å². The summed E-state index contributed by atoms with van der Waals surface area (Å²) >= 11 is 0. The normalized spacial score (nSPS) is 11.0. The highest BCUT2D eigenvalue weighted by Gasteiger charge is 2.18. The topological polar surface area (TPSA) is 51.5 Å². The first-order valence-electron chi connectivity index (χ1n) is 6.85. The summed E-state index contributed by atoms with van der Waals surface area (Å²) in [6, 6.07) is 7.48. The zero-order valence-corrected chi connectivity index (χ0v) is 12.5. The van der Waals surface area contributed by atoms with Gasteiger partial charge in [0.25, 0.3) is 0 Å². The van der Waals surface area contributed by atoms with Crippen LogP contribution in [0.4, 0.5) is 4.79 Å². The van der Waals surface area contributed by atoms with Crippen LogP contribution in [0.1, 0.15) is 32.8 Å². The van der Waals surface area contributed by atoms with Gasteiger partial charge < -0.3 is 9.84 Å². The molecule has 1 N–H and O–H groups in total. The minimum absolute atomic E-state index is 0.0598. The molecule has 0 unspecified atom stereocenters. The number of carbonyl (C=O) groups is 1. The van der Waals surface area contributed by atoms with Crippen LogP contribution in [0.25, 0.3) is 10.9 Å². The molecule has 2 rings (SSSR count). The predicted molar refractivity (Wildman–Crippen MR) is 82.2 cm³/mol. The molecule has 0 saturated heterocycles. The standard InChI is InChI=1S/C17H19NO3/c1-17(2,3)21-16(20)18-10-9-14-12-13(6-4-5-11-19)7-8-15(14)18/h7-10,12,19H,5,11H2,1-3H3. The fourth-order valence-electron chi connectivity index (χ4n) is 1.91. The average molecular weight is 285 g/mol. The summed E-state index contributed by atoms with van der Waals surface area (Å²) in [5.74, 6) is 5.86. The zero-order valence-electron chi connectivity index (χ0n) is 12.5. The van der Waals surface area contributed by atoms with E-state index in [-0.39, 0.29) is 6.61 Å². The van der Waals surface area contributed by atoms with Gasteiger partial charge in [-0.3, -0.25) is 4.57 Å². The van der Waals surface area contributed by atoms with Gasteiger partial charge in [-0.15, -0.1) is 0 Å². The van der Waals surface area contributed by atoms with Crippen molar-refractivity contribution < 1.29 is 14.6 Å². The van der Waals surface area contributed by atoms with Gasteiger partial charge in [0, 0.05) is 23.6 Å². The number of hydrogen-bond donors (Lipinski definition) is 1. The maximum Gasteiger partial charge on any atom is 0.418 e. The number of carbonyl (C=O) groups excluding carboxylic acids is 1. The second-order valence-corrected chi connectivity index (χ2v) is 5.72. The SMILES string of the molecule is CC(C)(C)OC(=O)n1ccc2cc(C#CCCO)ccc21. The molecule has 0 atom stereocenters. The molecular weight excluding hydrogens is 266 g/mol. The molecule has 0 bridgehead atoms. The second kappa shape index (κ2) is 6.02. The van der Waals surface area contributed by atoms with E-state index in [1.807, 2.05) is 45.0 Å². The Labute approximate surface area is 124 Å². The van der Waals surface area contributed by atoms with Gasteiger partial charge in [-0.2, -0.15) is 0 Å². The van der Waals surface area contributed by atoms with E-state index in [4.69, 9.17) is 9.84 Å². The molecule has 0 saturated carbocycles. The van der Waals surface area contributed by atoms with Crippen molar-refractivity contribution >= 4 is 17.0 Å². The first-order valence-corrected chi connectivity index (χ1v) is 6.85. The molecule has 0 amide bonds. The molecule has 0 spiro atoms. The number of benzene rings is 1. The number of ether oxygens (including phenoxy) is 1. The highest BCUT2D eigenvalue weighted by molar-refractivity contribution is 5.90. The quantitative estimate of drug-likeness (QED) is 0.819. The number of aliphatic hydroxyl groups excluding tert-OH is 1. The van der Waals surface area contributed by atoms with Crippen molar-refractivity contribution in [3.8, 4) is 11.8 Å². The highest BCUT2D eigenvalue weighted by atomic mass is 16.6. The van der Waals surface area contributed by atoms with Crippen LogP contribution in [0, 0.1) is 11.8 Å². The fourth-order valence-corrected chi connectivity index (χ4v) is 1.91. The summed E-state index contributed by atoms with van der Waals surface area (Å²) in [4.78, 5) is 12.1. The van der Waals surface area contributed by atoms with Gasteiger partial charge >= 0.3 is 6.09 Å². The molecule has 0 aliphatic rings. The minimum atomic E-state index is -0.524. The van der Waals surface area contributed by atoms with Crippen molar-refractivity contribution in [3.05, 3.63) is 36.0 Å². The van der Waals surface area contributed by atoms with Gasteiger partial charge in [-0.25, -0.2) is 4.79 Å². The first kappa shape index (κ1) is 15.1. The number of nitrogens with zero attached hydrogens (tertiary/aromatic N) is 1. The number of aromatic nitrogens is 1. The predicted octanol–water partition coefficient (Wildman–Crippen LogP) is 3.16. The molecule has 0 radical (unpaired) electrons. The highest BCUT2D eigenvalue weighted by Crippen LogP contribution is 2.19. The van der Waals surface area contributed by atoms with E-state index in [0.29, 0.717) is 6.42 Å². The Morgan fingerprint density at radius 1 is 1.33 bits per heavy atom. The van der Waals surface area contributed by atoms with E-state index >= 15 is 0 Å². The third-order valence-electron chi connectivity index (χ3n) is 2.75. The first-order chi connectivity index (χ1) is 9.90. The Morgan fingerprint density at radius 3 is 2.76 bits per heavy atom. The van der Waals surface area contributed by atoms with Crippen molar-refractivity contribution in [1.29, 1.82) is 0 Å². The van der Waals surface area contributed by atoms with Crippen molar-refractivity contribution in [3.63, 3.8) is 0 Å². The van der Waals surface area contributed by atoms with Crippen molar-refractivity contribution in [2.45, 2.75) is 32.8 Å². The van der Waals surface area contributed by atoms with E-state index in [1.165, 1.54) is 4.57 Å². The molecule has 1 aromatic heterocycles. The number of fused-ring (bicyclic) bond motifs is 1. The lowest BCUT2D eigenvalue weighted by atomic mass is 10.1. The Bertz CT molecular complexity index is 711. The molecule has 0 aliphatic heterocycles. The van der Waals surface area contributed by atoms with E-state index in [9.17, 15) is 4.79 Å². The Morgan fingerprint density at radius 2 is 2.10 bits per heavy atom. The lowest BCUT2D eigenvalue weighted by Gasteiger charge is -2.19. The maximum atomic E-state index is 12.1. The lowest BCUT2D eigenvalue weighted by Crippen LogP contribution is -2.26. The lowest BCUT2D eigenvalue weighted by molar-refractivity contribution is 0.0544. The summed E-state index contributed by atoms with van der Waals surface area (Å²) in [5, 5.41) is 9.64. The summed E-state index contributed by atoms with van der Waals surface area (Å²) < 4.78 is 6.86. The fraction of sp³-hybridized carbons (Fsp3) is 0.353. The van der Waals surface area contributed by atoms with Crippen LogP contribution >= 0.6 is 0 Å². The van der Waals surface area contributed by atoms with Gasteiger partial charge in [0.2, 0.25) is 0 Å². The van der Waals surface area contributed by atoms with E-state index < -0.39 is 11.7 Å². The van der Waals surface area contributed by atoms with Gasteiger partial charge in [0.05, 0.1) is 12.1 Å². The molecule has 1 aromatic carbocycles. The van der Waals surface area contributed by atoms with Crippen LogP contribution in [0.3, 0.4) is 0 Å². The van der Waals surface area contributed by atoms with E-state index in [2.05, 4.69) is 11.8 Å². The Balaban J connectivity index is 2.30. The van der Waals surface area contributed by atoms with Crippen molar-refractivity contribution in [2.75, 3.05) is 6.61 Å². The molecule has 4 nitrogen and oxygen atoms in total. The van der Waals surface area contributed by atoms with E-state index in [0.717, 1.165) is 16.5 Å². The van der Waals surface area contributed by atoms with Gasteiger partial charge in [-0.1, -0.05) is 11.8 Å². The monoisotopic (exact) mass is 285 g/mol. The van der Waals surface area contributed by atoms with Gasteiger partial charge in [-0.05, 0) is 45.0 Å². The Hall–Kier alpha value is -2.25.